The Kier molecular flexibility index (Phi) is 2.90. The third-order valence-electron chi connectivity index (χ3n) is 2.55. The third kappa shape index (κ3) is 1.74. The Bertz CT molecular complexity index is 733. The lowest BCUT2D eigenvalue weighted by molar-refractivity contribution is 0.786. The second-order valence-electron chi connectivity index (χ2n) is 3.62. The van der Waals surface area contributed by atoms with Crippen LogP contribution in [0.15, 0.2) is 35.1 Å². The summed E-state index contributed by atoms with van der Waals surface area (Å²) in [5.41, 5.74) is 0.355. The highest BCUT2D eigenvalue weighted by atomic mass is 16.1. The fraction of sp³-hybridized carbons (Fsp3) is 0.0769. The third-order valence-corrected chi connectivity index (χ3v) is 2.55. The molecule has 0 aliphatic heterocycles. The summed E-state index contributed by atoms with van der Waals surface area (Å²) in [4.78, 5) is 12.1. The van der Waals surface area contributed by atoms with E-state index < -0.39 is 5.56 Å². The van der Waals surface area contributed by atoms with Gasteiger partial charge in [-0.3, -0.25) is 4.79 Å². The van der Waals surface area contributed by atoms with Crippen molar-refractivity contribution in [3.05, 3.63) is 57.5 Å². The lowest BCUT2D eigenvalue weighted by Gasteiger charge is -2.07. The van der Waals surface area contributed by atoms with Gasteiger partial charge < -0.3 is 0 Å². The molecule has 2 aromatic rings. The maximum Gasteiger partial charge on any atom is 0.289 e. The average molecular weight is 236 g/mol. The molecule has 0 spiro atoms. The van der Waals surface area contributed by atoms with Crippen LogP contribution in [0.25, 0.3) is 5.69 Å². The van der Waals surface area contributed by atoms with Gasteiger partial charge in [-0.1, -0.05) is 18.2 Å². The van der Waals surface area contributed by atoms with Crippen molar-refractivity contribution in [1.29, 1.82) is 10.5 Å². The van der Waals surface area contributed by atoms with Crippen molar-refractivity contribution in [3.8, 4) is 17.8 Å². The van der Waals surface area contributed by atoms with Crippen LogP contribution in [-0.4, -0.2) is 9.78 Å². The predicted molar refractivity (Wildman–Crippen MR) is 64.0 cm³/mol. The van der Waals surface area contributed by atoms with Crippen LogP contribution in [0.1, 0.15) is 16.8 Å². The summed E-state index contributed by atoms with van der Waals surface area (Å²) in [6, 6.07) is 12.4. The first-order valence-electron chi connectivity index (χ1n) is 5.18. The molecule has 0 aliphatic rings. The minimum Gasteiger partial charge on any atom is -0.266 e. The van der Waals surface area contributed by atoms with E-state index in [-0.39, 0.29) is 11.3 Å². The van der Waals surface area contributed by atoms with E-state index in [1.807, 2.05) is 12.1 Å². The number of hydrogen-bond donors (Lipinski definition) is 0. The Morgan fingerprint density at radius 1 is 1.17 bits per heavy atom. The molecule has 0 saturated carbocycles. The first kappa shape index (κ1) is 11.6. The standard InChI is InChI=1S/C13H8N4O/c1-9-11(7-14)13(18)17(16-12(9)8-15)10-5-3-2-4-6-10/h2-6H,1H3. The van der Waals surface area contributed by atoms with E-state index in [0.29, 0.717) is 11.3 Å². The van der Waals surface area contributed by atoms with Crippen molar-refractivity contribution < 1.29 is 0 Å². The molecule has 0 bridgehead atoms. The maximum absolute atomic E-state index is 12.1. The minimum absolute atomic E-state index is 0.0506. The zero-order valence-corrected chi connectivity index (χ0v) is 9.58. The molecular weight excluding hydrogens is 228 g/mol. The van der Waals surface area contributed by atoms with Gasteiger partial charge in [0, 0.05) is 5.56 Å². The number of rotatable bonds is 1. The van der Waals surface area contributed by atoms with Gasteiger partial charge in [0.2, 0.25) is 0 Å². The lowest BCUT2D eigenvalue weighted by Crippen LogP contribution is -2.26. The van der Waals surface area contributed by atoms with Gasteiger partial charge in [-0.25, -0.2) is 0 Å². The Morgan fingerprint density at radius 3 is 2.39 bits per heavy atom. The zero-order valence-electron chi connectivity index (χ0n) is 9.58. The van der Waals surface area contributed by atoms with Crippen molar-refractivity contribution >= 4 is 0 Å². The van der Waals surface area contributed by atoms with E-state index in [4.69, 9.17) is 10.5 Å². The first-order chi connectivity index (χ1) is 8.69. The molecule has 0 aliphatic carbocycles. The lowest BCUT2D eigenvalue weighted by atomic mass is 10.1. The molecule has 0 atom stereocenters. The molecule has 1 heterocycles. The van der Waals surface area contributed by atoms with Gasteiger partial charge >= 0.3 is 0 Å². The number of benzene rings is 1. The number of para-hydroxylation sites is 1. The molecule has 1 aromatic heterocycles. The predicted octanol–water partition coefficient (Wildman–Crippen LogP) is 1.28. The fourth-order valence-electron chi connectivity index (χ4n) is 1.59. The van der Waals surface area contributed by atoms with Gasteiger partial charge in [-0.05, 0) is 19.1 Å². The van der Waals surface area contributed by atoms with E-state index in [2.05, 4.69) is 5.10 Å². The molecular formula is C13H8N4O. The Morgan fingerprint density at radius 2 is 1.83 bits per heavy atom. The van der Waals surface area contributed by atoms with Gasteiger partial charge in [0.1, 0.15) is 17.7 Å². The second kappa shape index (κ2) is 4.52. The van der Waals surface area contributed by atoms with Crippen LogP contribution < -0.4 is 5.56 Å². The molecule has 0 saturated heterocycles. The van der Waals surface area contributed by atoms with Crippen LogP contribution in [0.2, 0.25) is 0 Å². The molecule has 0 fully saturated rings. The minimum atomic E-state index is -0.514. The second-order valence-corrected chi connectivity index (χ2v) is 3.62. The smallest absolute Gasteiger partial charge is 0.266 e. The van der Waals surface area contributed by atoms with Gasteiger partial charge in [0.25, 0.3) is 5.56 Å². The van der Waals surface area contributed by atoms with Crippen molar-refractivity contribution in [1.82, 2.24) is 9.78 Å². The van der Waals surface area contributed by atoms with Crippen LogP contribution in [0.5, 0.6) is 0 Å². The average Bonchev–Trinajstić information content (AvgIpc) is 2.41. The van der Waals surface area contributed by atoms with E-state index in [0.717, 1.165) is 4.68 Å². The van der Waals surface area contributed by atoms with E-state index in [9.17, 15) is 4.79 Å². The largest absolute Gasteiger partial charge is 0.289 e. The molecule has 1 aromatic carbocycles. The Balaban J connectivity index is 2.84. The maximum atomic E-state index is 12.1. The molecule has 5 nitrogen and oxygen atoms in total. The van der Waals surface area contributed by atoms with Gasteiger partial charge in [0.05, 0.1) is 5.69 Å². The van der Waals surface area contributed by atoms with E-state index >= 15 is 0 Å². The van der Waals surface area contributed by atoms with Crippen molar-refractivity contribution in [2.75, 3.05) is 0 Å². The molecule has 0 radical (unpaired) electrons. The SMILES string of the molecule is Cc1c(C#N)nn(-c2ccccc2)c(=O)c1C#N. The summed E-state index contributed by atoms with van der Waals surface area (Å²) in [6.07, 6.45) is 0. The summed E-state index contributed by atoms with van der Waals surface area (Å²) in [6.45, 7) is 1.54. The highest BCUT2D eigenvalue weighted by Gasteiger charge is 2.14. The fourth-order valence-corrected chi connectivity index (χ4v) is 1.59. The monoisotopic (exact) mass is 236 g/mol. The number of nitriles is 2. The first-order valence-corrected chi connectivity index (χ1v) is 5.18. The van der Waals surface area contributed by atoms with E-state index in [1.165, 1.54) is 0 Å². The van der Waals surface area contributed by atoms with Crippen molar-refractivity contribution in [3.63, 3.8) is 0 Å². The van der Waals surface area contributed by atoms with Crippen molar-refractivity contribution in [2.24, 2.45) is 0 Å². The molecule has 0 amide bonds. The van der Waals surface area contributed by atoms with E-state index in [1.54, 1.807) is 37.3 Å². The summed E-state index contributed by atoms with van der Waals surface area (Å²) < 4.78 is 1.07. The molecule has 5 heteroatoms. The molecule has 2 rings (SSSR count). The molecule has 0 unspecified atom stereocenters. The molecule has 86 valence electrons. The highest BCUT2D eigenvalue weighted by molar-refractivity contribution is 5.44. The van der Waals surface area contributed by atoms with Crippen LogP contribution >= 0.6 is 0 Å². The summed E-state index contributed by atoms with van der Waals surface area (Å²) in [5, 5.41) is 21.9. The molecule has 0 N–H and O–H groups in total. The van der Waals surface area contributed by atoms with Gasteiger partial charge in [-0.15, -0.1) is 0 Å². The summed E-state index contributed by atoms with van der Waals surface area (Å²) in [7, 11) is 0. The normalized spacial score (nSPS) is 9.50. The van der Waals surface area contributed by atoms with Crippen LogP contribution in [-0.2, 0) is 0 Å². The van der Waals surface area contributed by atoms with Gasteiger partial charge in [-0.2, -0.15) is 20.3 Å². The van der Waals surface area contributed by atoms with Gasteiger partial charge in [0.15, 0.2) is 5.69 Å². The summed E-state index contributed by atoms with van der Waals surface area (Å²) >= 11 is 0. The van der Waals surface area contributed by atoms with Crippen LogP contribution in [0, 0.1) is 29.6 Å². The number of hydrogen-bond acceptors (Lipinski definition) is 4. The number of nitrogens with zero attached hydrogens (tertiary/aromatic N) is 4. The Labute approximate surface area is 103 Å². The topological polar surface area (TPSA) is 82.5 Å². The number of aromatic nitrogens is 2. The Hall–Kier alpha value is -2.92. The zero-order chi connectivity index (χ0) is 13.1. The molecule has 18 heavy (non-hydrogen) atoms. The summed E-state index contributed by atoms with van der Waals surface area (Å²) in [5.74, 6) is 0. The van der Waals surface area contributed by atoms with Crippen LogP contribution in [0.4, 0.5) is 0 Å². The van der Waals surface area contributed by atoms with Crippen molar-refractivity contribution in [2.45, 2.75) is 6.92 Å². The quantitative estimate of drug-likeness (QED) is 0.746. The van der Waals surface area contributed by atoms with Crippen LogP contribution in [0.3, 0.4) is 0 Å². The highest BCUT2D eigenvalue weighted by Crippen LogP contribution is 2.08.